The number of carbonyl (C=O) groups is 3. The molecule has 1 atom stereocenters. The average Bonchev–Trinajstić information content (AvgIpc) is 3.31. The van der Waals surface area contributed by atoms with E-state index in [0.717, 1.165) is 64.2 Å². The third-order valence-corrected chi connectivity index (χ3v) is 13.5. The minimum absolute atomic E-state index is 0.0663. The third kappa shape index (κ3) is 53.1. The van der Waals surface area contributed by atoms with Gasteiger partial charge in [0, 0.05) is 19.3 Å². The van der Waals surface area contributed by atoms with Gasteiger partial charge in [0.2, 0.25) is 0 Å². The quantitative estimate of drug-likeness (QED) is 0.0262. The first-order valence-electron chi connectivity index (χ1n) is 29.7. The predicted molar refractivity (Wildman–Crippen MR) is 284 cm³/mol. The Morgan fingerprint density at radius 2 is 0.500 bits per heavy atom. The fourth-order valence-corrected chi connectivity index (χ4v) is 9.03. The minimum atomic E-state index is -0.767. The molecule has 0 aromatic rings. The van der Waals surface area contributed by atoms with Gasteiger partial charge >= 0.3 is 17.9 Å². The lowest BCUT2D eigenvalue weighted by Gasteiger charge is -2.18. The van der Waals surface area contributed by atoms with Crippen LogP contribution in [0.15, 0.2) is 12.2 Å². The Hall–Kier alpha value is -1.85. The van der Waals surface area contributed by atoms with Crippen molar-refractivity contribution in [3.8, 4) is 0 Å². The van der Waals surface area contributed by atoms with E-state index in [1.165, 1.54) is 231 Å². The summed E-state index contributed by atoms with van der Waals surface area (Å²) >= 11 is 0. The molecular weight excluding hydrogens is 817 g/mol. The third-order valence-electron chi connectivity index (χ3n) is 13.5. The van der Waals surface area contributed by atoms with E-state index in [1.54, 1.807) is 0 Å². The van der Waals surface area contributed by atoms with Crippen LogP contribution in [0.3, 0.4) is 0 Å². The van der Waals surface area contributed by atoms with Crippen LogP contribution in [0.25, 0.3) is 0 Å². The van der Waals surface area contributed by atoms with E-state index in [4.69, 9.17) is 14.2 Å². The summed E-state index contributed by atoms with van der Waals surface area (Å²) in [5, 5.41) is 0. The SMILES string of the molecule is CCCCCCC/C=C\CCCCCCCC(=O)OC[C@H](COC(=O)CCCCCCCCCCCCCCCCCCCCC)OC(=O)CCCCCCCCCCCCCCCCC. The number of allylic oxidation sites excluding steroid dienone is 2. The molecule has 0 heterocycles. The van der Waals surface area contributed by atoms with Crippen molar-refractivity contribution in [2.24, 2.45) is 0 Å². The monoisotopic (exact) mass is 931 g/mol. The normalized spacial score (nSPS) is 12.0. The largest absolute Gasteiger partial charge is 0.462 e. The van der Waals surface area contributed by atoms with Crippen LogP contribution < -0.4 is 0 Å². The fraction of sp³-hybridized carbons (Fsp3) is 0.917. The molecule has 0 bridgehead atoms. The number of esters is 3. The molecule has 0 spiro atoms. The fourth-order valence-electron chi connectivity index (χ4n) is 9.03. The molecule has 6 nitrogen and oxygen atoms in total. The Morgan fingerprint density at radius 1 is 0.288 bits per heavy atom. The lowest BCUT2D eigenvalue weighted by molar-refractivity contribution is -0.167. The molecule has 0 N–H and O–H groups in total. The maximum Gasteiger partial charge on any atom is 0.306 e. The van der Waals surface area contributed by atoms with Crippen molar-refractivity contribution < 1.29 is 28.6 Å². The first-order chi connectivity index (χ1) is 32.5. The summed E-state index contributed by atoms with van der Waals surface area (Å²) in [6.45, 7) is 6.69. The highest BCUT2D eigenvalue weighted by atomic mass is 16.6. The molecule has 6 heteroatoms. The van der Waals surface area contributed by atoms with Crippen molar-refractivity contribution in [1.29, 1.82) is 0 Å². The molecule has 0 unspecified atom stereocenters. The van der Waals surface area contributed by atoms with Gasteiger partial charge in [-0.25, -0.2) is 0 Å². The zero-order valence-corrected chi connectivity index (χ0v) is 44.7. The number of rotatable bonds is 55. The van der Waals surface area contributed by atoms with Crippen LogP contribution in [-0.4, -0.2) is 37.2 Å². The van der Waals surface area contributed by atoms with E-state index in [-0.39, 0.29) is 31.1 Å². The zero-order chi connectivity index (χ0) is 47.9. The van der Waals surface area contributed by atoms with Gasteiger partial charge in [0.15, 0.2) is 6.10 Å². The Morgan fingerprint density at radius 3 is 0.758 bits per heavy atom. The van der Waals surface area contributed by atoms with E-state index in [9.17, 15) is 14.4 Å². The molecule has 0 radical (unpaired) electrons. The van der Waals surface area contributed by atoms with Crippen LogP contribution in [0.1, 0.15) is 335 Å². The smallest absolute Gasteiger partial charge is 0.306 e. The first-order valence-corrected chi connectivity index (χ1v) is 29.7. The van der Waals surface area contributed by atoms with Gasteiger partial charge in [-0.2, -0.15) is 0 Å². The molecule has 0 aromatic heterocycles. The number of carbonyl (C=O) groups excluding carboxylic acids is 3. The van der Waals surface area contributed by atoms with Gasteiger partial charge in [-0.3, -0.25) is 14.4 Å². The summed E-state index contributed by atoms with van der Waals surface area (Å²) in [5.41, 5.74) is 0. The lowest BCUT2D eigenvalue weighted by Crippen LogP contribution is -2.30. The van der Waals surface area contributed by atoms with E-state index in [1.807, 2.05) is 0 Å². The van der Waals surface area contributed by atoms with Crippen molar-refractivity contribution >= 4 is 17.9 Å². The highest BCUT2D eigenvalue weighted by Crippen LogP contribution is 2.17. The molecule has 0 amide bonds. The van der Waals surface area contributed by atoms with Crippen LogP contribution >= 0.6 is 0 Å². The van der Waals surface area contributed by atoms with Gasteiger partial charge in [-0.15, -0.1) is 0 Å². The second-order valence-electron chi connectivity index (χ2n) is 20.3. The highest BCUT2D eigenvalue weighted by Gasteiger charge is 2.19. The predicted octanol–water partition coefficient (Wildman–Crippen LogP) is 19.7. The number of unbranched alkanes of at least 4 members (excludes halogenated alkanes) is 42. The van der Waals surface area contributed by atoms with Gasteiger partial charge < -0.3 is 14.2 Å². The standard InChI is InChI=1S/C60H114O6/c1-4-7-10-13-16-19-22-25-28-29-30-31-33-35-38-41-44-47-50-53-59(62)65-56-57(55-64-58(61)52-49-46-43-40-37-34-27-24-21-18-15-12-9-6-3)66-60(63)54-51-48-45-42-39-36-32-26-23-20-17-14-11-8-5-2/h24,27,57H,4-23,25-26,28-56H2,1-3H3/b27-24-/t57-/m1/s1. The Balaban J connectivity index is 4.29. The van der Waals surface area contributed by atoms with Crippen molar-refractivity contribution in [2.45, 2.75) is 341 Å². The maximum atomic E-state index is 12.8. The van der Waals surface area contributed by atoms with Crippen molar-refractivity contribution in [3.63, 3.8) is 0 Å². The van der Waals surface area contributed by atoms with Crippen molar-refractivity contribution in [2.75, 3.05) is 13.2 Å². The van der Waals surface area contributed by atoms with E-state index < -0.39 is 6.10 Å². The molecule has 390 valence electrons. The summed E-state index contributed by atoms with van der Waals surface area (Å²) in [5.74, 6) is -0.849. The summed E-state index contributed by atoms with van der Waals surface area (Å²) in [7, 11) is 0. The summed E-state index contributed by atoms with van der Waals surface area (Å²) in [4.78, 5) is 38.2. The van der Waals surface area contributed by atoms with Gasteiger partial charge in [-0.05, 0) is 44.9 Å². The molecule has 0 saturated carbocycles. The zero-order valence-electron chi connectivity index (χ0n) is 44.7. The Labute approximate surface area is 411 Å². The van der Waals surface area contributed by atoms with Gasteiger partial charge in [0.25, 0.3) is 0 Å². The van der Waals surface area contributed by atoms with E-state index in [0.29, 0.717) is 19.3 Å². The second-order valence-corrected chi connectivity index (χ2v) is 20.3. The summed E-state index contributed by atoms with van der Waals surface area (Å²) in [6, 6.07) is 0. The molecule has 66 heavy (non-hydrogen) atoms. The minimum Gasteiger partial charge on any atom is -0.462 e. The number of ether oxygens (including phenoxy) is 3. The van der Waals surface area contributed by atoms with E-state index >= 15 is 0 Å². The molecule has 0 aliphatic rings. The van der Waals surface area contributed by atoms with E-state index in [2.05, 4.69) is 32.9 Å². The molecule has 0 aliphatic carbocycles. The molecular formula is C60H114O6. The summed E-state index contributed by atoms with van der Waals surface area (Å²) < 4.78 is 16.9. The second kappa shape index (κ2) is 55.7. The Kier molecular flexibility index (Phi) is 54.2. The highest BCUT2D eigenvalue weighted by molar-refractivity contribution is 5.71. The van der Waals surface area contributed by atoms with Gasteiger partial charge in [0.1, 0.15) is 13.2 Å². The van der Waals surface area contributed by atoms with Gasteiger partial charge in [-0.1, -0.05) is 283 Å². The summed E-state index contributed by atoms with van der Waals surface area (Å²) in [6.07, 6.45) is 63.5. The van der Waals surface area contributed by atoms with Crippen LogP contribution in [0, 0.1) is 0 Å². The average molecular weight is 932 g/mol. The number of hydrogen-bond acceptors (Lipinski definition) is 6. The van der Waals surface area contributed by atoms with Crippen LogP contribution in [0.2, 0.25) is 0 Å². The van der Waals surface area contributed by atoms with Crippen LogP contribution in [-0.2, 0) is 28.6 Å². The first kappa shape index (κ1) is 64.2. The Bertz CT molecular complexity index is 1020. The lowest BCUT2D eigenvalue weighted by atomic mass is 10.0. The van der Waals surface area contributed by atoms with Gasteiger partial charge in [0.05, 0.1) is 0 Å². The maximum absolute atomic E-state index is 12.8. The molecule has 0 saturated heterocycles. The molecule has 0 fully saturated rings. The topological polar surface area (TPSA) is 78.9 Å². The molecule has 0 aromatic carbocycles. The number of hydrogen-bond donors (Lipinski definition) is 0. The molecule has 0 rings (SSSR count). The van der Waals surface area contributed by atoms with Crippen molar-refractivity contribution in [3.05, 3.63) is 12.2 Å². The van der Waals surface area contributed by atoms with Crippen molar-refractivity contribution in [1.82, 2.24) is 0 Å². The van der Waals surface area contributed by atoms with Crippen LogP contribution in [0.5, 0.6) is 0 Å². The van der Waals surface area contributed by atoms with Crippen LogP contribution in [0.4, 0.5) is 0 Å². The molecule has 0 aliphatic heterocycles.